The highest BCUT2D eigenvalue weighted by atomic mass is 32.1. The van der Waals surface area contributed by atoms with Gasteiger partial charge < -0.3 is 5.32 Å². The topological polar surface area (TPSA) is 36.4 Å². The van der Waals surface area contributed by atoms with Crippen LogP contribution in [0.25, 0.3) is 0 Å². The van der Waals surface area contributed by atoms with E-state index in [2.05, 4.69) is 15.8 Å². The molecule has 0 aromatic carbocycles. The lowest BCUT2D eigenvalue weighted by Gasteiger charge is -2.04. The summed E-state index contributed by atoms with van der Waals surface area (Å²) in [7, 11) is 0. The van der Waals surface area contributed by atoms with Gasteiger partial charge in [-0.3, -0.25) is 5.43 Å². The van der Waals surface area contributed by atoms with Gasteiger partial charge in [-0.05, 0) is 37.5 Å². The molecule has 0 saturated carbocycles. The maximum atomic E-state index is 4.98. The first-order valence-corrected chi connectivity index (χ1v) is 5.65. The maximum Gasteiger partial charge on any atom is 0.186 e. The molecule has 0 aliphatic rings. The summed E-state index contributed by atoms with van der Waals surface area (Å²) in [4.78, 5) is 1.15. The fraction of sp³-hybridized carbons (Fsp3) is 0.333. The van der Waals surface area contributed by atoms with Gasteiger partial charge in [-0.25, -0.2) is 0 Å². The van der Waals surface area contributed by atoms with Gasteiger partial charge in [0.15, 0.2) is 5.11 Å². The van der Waals surface area contributed by atoms with Gasteiger partial charge in [-0.1, -0.05) is 6.07 Å². The van der Waals surface area contributed by atoms with E-state index in [1.165, 1.54) is 0 Å². The van der Waals surface area contributed by atoms with Crippen molar-refractivity contribution in [1.82, 2.24) is 10.7 Å². The van der Waals surface area contributed by atoms with Crippen LogP contribution in [0.2, 0.25) is 0 Å². The van der Waals surface area contributed by atoms with Crippen molar-refractivity contribution in [3.63, 3.8) is 0 Å². The number of thiophene rings is 1. The van der Waals surface area contributed by atoms with Crippen LogP contribution < -0.4 is 10.7 Å². The molecule has 2 N–H and O–H groups in total. The molecule has 3 nitrogen and oxygen atoms in total. The molecule has 1 heterocycles. The lowest BCUT2D eigenvalue weighted by molar-refractivity contribution is 0.901. The second kappa shape index (κ2) is 5.72. The van der Waals surface area contributed by atoms with E-state index in [1.54, 1.807) is 11.3 Å². The third-order valence-electron chi connectivity index (χ3n) is 1.54. The monoisotopic (exact) mass is 227 g/mol. The van der Waals surface area contributed by atoms with Crippen molar-refractivity contribution in [2.75, 3.05) is 6.54 Å². The Hall–Kier alpha value is -0.940. The number of rotatable bonds is 3. The number of hydrogen-bond donors (Lipinski definition) is 2. The summed E-state index contributed by atoms with van der Waals surface area (Å²) in [5.41, 5.74) is 3.73. The molecule has 0 aliphatic carbocycles. The molecule has 0 aliphatic heterocycles. The van der Waals surface area contributed by atoms with Crippen LogP contribution >= 0.6 is 23.6 Å². The van der Waals surface area contributed by atoms with Crippen LogP contribution in [0.5, 0.6) is 0 Å². The van der Waals surface area contributed by atoms with Crippen molar-refractivity contribution >= 4 is 34.4 Å². The quantitative estimate of drug-likeness (QED) is 0.471. The minimum Gasteiger partial charge on any atom is -0.362 e. The Morgan fingerprint density at radius 2 is 2.43 bits per heavy atom. The van der Waals surface area contributed by atoms with Crippen LogP contribution in [0.3, 0.4) is 0 Å². The summed E-state index contributed by atoms with van der Waals surface area (Å²) in [5, 5.41) is 9.70. The first-order valence-electron chi connectivity index (χ1n) is 4.36. The smallest absolute Gasteiger partial charge is 0.186 e. The normalized spacial score (nSPS) is 11.1. The van der Waals surface area contributed by atoms with E-state index in [0.29, 0.717) is 5.11 Å². The van der Waals surface area contributed by atoms with Crippen LogP contribution in [-0.2, 0) is 0 Å². The molecule has 0 saturated heterocycles. The molecule has 0 amide bonds. The second-order valence-electron chi connectivity index (χ2n) is 2.65. The zero-order valence-corrected chi connectivity index (χ0v) is 9.84. The Bertz CT molecular complexity index is 317. The minimum atomic E-state index is 0.559. The van der Waals surface area contributed by atoms with Crippen LogP contribution in [-0.4, -0.2) is 17.4 Å². The van der Waals surface area contributed by atoms with Crippen molar-refractivity contribution in [1.29, 1.82) is 0 Å². The molecule has 0 radical (unpaired) electrons. The fourth-order valence-electron chi connectivity index (χ4n) is 0.874. The van der Waals surface area contributed by atoms with E-state index in [-0.39, 0.29) is 0 Å². The SMILES string of the molecule is CCNC(=S)N/N=C(/C)c1cccs1. The summed E-state index contributed by atoms with van der Waals surface area (Å²) in [6.45, 7) is 4.75. The number of hydrogen-bond acceptors (Lipinski definition) is 3. The van der Waals surface area contributed by atoms with E-state index >= 15 is 0 Å². The fourth-order valence-corrected chi connectivity index (χ4v) is 1.74. The average molecular weight is 227 g/mol. The van der Waals surface area contributed by atoms with E-state index in [1.807, 2.05) is 31.4 Å². The molecule has 14 heavy (non-hydrogen) atoms. The summed E-state index contributed by atoms with van der Waals surface area (Å²) in [5.74, 6) is 0. The van der Waals surface area contributed by atoms with Gasteiger partial charge in [-0.2, -0.15) is 5.10 Å². The van der Waals surface area contributed by atoms with E-state index < -0.39 is 0 Å². The molecule has 0 bridgehead atoms. The van der Waals surface area contributed by atoms with Gasteiger partial charge in [0.1, 0.15) is 0 Å². The van der Waals surface area contributed by atoms with E-state index in [4.69, 9.17) is 12.2 Å². The second-order valence-corrected chi connectivity index (χ2v) is 4.00. The lowest BCUT2D eigenvalue weighted by atomic mass is 10.3. The molecule has 0 unspecified atom stereocenters. The van der Waals surface area contributed by atoms with Gasteiger partial charge in [0.25, 0.3) is 0 Å². The molecule has 1 rings (SSSR count). The molecule has 1 aromatic rings. The summed E-state index contributed by atoms with van der Waals surface area (Å²) >= 11 is 6.64. The Kier molecular flexibility index (Phi) is 4.55. The third kappa shape index (κ3) is 3.43. The predicted octanol–water partition coefficient (Wildman–Crippen LogP) is 1.96. The predicted molar refractivity (Wildman–Crippen MR) is 65.9 cm³/mol. The molecule has 5 heteroatoms. The zero-order chi connectivity index (χ0) is 10.4. The standard InChI is InChI=1S/C9H13N3S2/c1-3-10-9(13)12-11-7(2)8-5-4-6-14-8/h4-6H,3H2,1-2H3,(H2,10,12,13)/b11-7-. The number of nitrogens with one attached hydrogen (secondary N) is 2. The largest absolute Gasteiger partial charge is 0.362 e. The zero-order valence-electron chi connectivity index (χ0n) is 8.20. The lowest BCUT2D eigenvalue weighted by Crippen LogP contribution is -2.32. The number of hydrazone groups is 1. The highest BCUT2D eigenvalue weighted by Gasteiger charge is 1.97. The minimum absolute atomic E-state index is 0.559. The number of thiocarbonyl (C=S) groups is 1. The average Bonchev–Trinajstić information content (AvgIpc) is 2.67. The third-order valence-corrected chi connectivity index (χ3v) is 2.75. The summed E-state index contributed by atoms with van der Waals surface area (Å²) in [6, 6.07) is 4.03. The van der Waals surface area contributed by atoms with Crippen molar-refractivity contribution in [2.24, 2.45) is 5.10 Å². The molecule has 0 spiro atoms. The Balaban J connectivity index is 2.49. The van der Waals surface area contributed by atoms with Crippen LogP contribution in [0.1, 0.15) is 18.7 Å². The van der Waals surface area contributed by atoms with Crippen molar-refractivity contribution < 1.29 is 0 Å². The van der Waals surface area contributed by atoms with Crippen molar-refractivity contribution in [3.8, 4) is 0 Å². The van der Waals surface area contributed by atoms with Gasteiger partial charge in [-0.15, -0.1) is 11.3 Å². The number of nitrogens with zero attached hydrogens (tertiary/aromatic N) is 1. The van der Waals surface area contributed by atoms with Gasteiger partial charge in [0.05, 0.1) is 5.71 Å². The van der Waals surface area contributed by atoms with Crippen LogP contribution in [0.15, 0.2) is 22.6 Å². The van der Waals surface area contributed by atoms with Gasteiger partial charge in [0.2, 0.25) is 0 Å². The molecule has 0 atom stereocenters. The van der Waals surface area contributed by atoms with Crippen LogP contribution in [0, 0.1) is 0 Å². The Labute approximate surface area is 93.2 Å². The van der Waals surface area contributed by atoms with E-state index in [9.17, 15) is 0 Å². The Morgan fingerprint density at radius 3 is 3.00 bits per heavy atom. The summed E-state index contributed by atoms with van der Waals surface area (Å²) < 4.78 is 0. The van der Waals surface area contributed by atoms with Crippen LogP contribution in [0.4, 0.5) is 0 Å². The van der Waals surface area contributed by atoms with Gasteiger partial charge in [0, 0.05) is 11.4 Å². The molecular formula is C9H13N3S2. The van der Waals surface area contributed by atoms with Crippen molar-refractivity contribution in [2.45, 2.75) is 13.8 Å². The van der Waals surface area contributed by atoms with Crippen molar-refractivity contribution in [3.05, 3.63) is 22.4 Å². The molecule has 0 fully saturated rings. The molecule has 1 aromatic heterocycles. The molecule has 76 valence electrons. The highest BCUT2D eigenvalue weighted by Crippen LogP contribution is 2.08. The first-order chi connectivity index (χ1) is 6.74. The van der Waals surface area contributed by atoms with E-state index in [0.717, 1.165) is 17.1 Å². The highest BCUT2D eigenvalue weighted by molar-refractivity contribution is 7.80. The molecular weight excluding hydrogens is 214 g/mol. The maximum absolute atomic E-state index is 4.98. The first kappa shape index (κ1) is 11.1. The van der Waals surface area contributed by atoms with Gasteiger partial charge >= 0.3 is 0 Å². The Morgan fingerprint density at radius 1 is 1.64 bits per heavy atom. The summed E-state index contributed by atoms with van der Waals surface area (Å²) in [6.07, 6.45) is 0.